The van der Waals surface area contributed by atoms with Gasteiger partial charge in [0.25, 0.3) is 0 Å². The van der Waals surface area contributed by atoms with Crippen molar-refractivity contribution in [3.63, 3.8) is 0 Å². The number of benzene rings is 2. The Morgan fingerprint density at radius 1 is 0.583 bits per heavy atom. The van der Waals surface area contributed by atoms with E-state index in [1.165, 1.54) is 22.3 Å². The lowest BCUT2D eigenvalue weighted by atomic mass is 9.73. The molecule has 2 N–H and O–H groups in total. The fourth-order valence-electron chi connectivity index (χ4n) is 5.16. The summed E-state index contributed by atoms with van der Waals surface area (Å²) in [6, 6.07) is 13.6. The van der Waals surface area contributed by atoms with Crippen LogP contribution in [0.4, 0.5) is 0 Å². The molecule has 2 nitrogen and oxygen atoms in total. The first-order valence-electron chi connectivity index (χ1n) is 9.30. The Labute approximate surface area is 143 Å². The second-order valence-electron chi connectivity index (χ2n) is 7.91. The second kappa shape index (κ2) is 5.44. The molecule has 1 unspecified atom stereocenters. The highest BCUT2D eigenvalue weighted by molar-refractivity contribution is 5.44. The molecule has 4 atom stereocenters. The van der Waals surface area contributed by atoms with Crippen LogP contribution in [-0.4, -0.2) is 10.2 Å². The molecule has 2 heteroatoms. The standard InChI is InChI=1S/C22H24O2/c23-21-8-4-16-10-14-2-6-18-15(3-7-22(24)20(18)12-14)9-13-1-5-17(16)19(21)11-13/h1-2,5-6,11-12,15-16,21-24H,3-4,7-10H2/t15-,16+,21-,22?/m0/s1. The van der Waals surface area contributed by atoms with Crippen molar-refractivity contribution in [1.82, 2.24) is 0 Å². The Bertz CT molecular complexity index is 727. The Kier molecular flexibility index (Phi) is 3.33. The lowest BCUT2D eigenvalue weighted by Gasteiger charge is -2.33. The molecule has 8 bridgehead atoms. The van der Waals surface area contributed by atoms with Crippen molar-refractivity contribution in [3.8, 4) is 0 Å². The molecule has 2 aromatic rings. The van der Waals surface area contributed by atoms with Crippen molar-refractivity contribution in [3.05, 3.63) is 69.8 Å². The smallest absolute Gasteiger partial charge is 0.0793 e. The third kappa shape index (κ3) is 2.24. The highest BCUT2D eigenvalue weighted by Gasteiger charge is 2.30. The molecule has 24 heavy (non-hydrogen) atoms. The van der Waals surface area contributed by atoms with E-state index in [9.17, 15) is 10.2 Å². The average molecular weight is 320 g/mol. The van der Waals surface area contributed by atoms with E-state index in [0.717, 1.165) is 49.7 Å². The van der Waals surface area contributed by atoms with Crippen LogP contribution in [-0.2, 0) is 12.8 Å². The fourth-order valence-corrected chi connectivity index (χ4v) is 5.16. The van der Waals surface area contributed by atoms with E-state index in [4.69, 9.17) is 0 Å². The highest BCUT2D eigenvalue weighted by atomic mass is 16.3. The van der Waals surface area contributed by atoms with Crippen LogP contribution in [0.5, 0.6) is 0 Å². The van der Waals surface area contributed by atoms with Gasteiger partial charge in [0.15, 0.2) is 0 Å². The third-order valence-electron chi connectivity index (χ3n) is 6.44. The Hall–Kier alpha value is -1.64. The lowest BCUT2D eigenvalue weighted by Crippen LogP contribution is -2.20. The molecule has 0 aliphatic heterocycles. The van der Waals surface area contributed by atoms with Crippen LogP contribution < -0.4 is 0 Å². The van der Waals surface area contributed by atoms with Crippen molar-refractivity contribution >= 4 is 0 Å². The zero-order chi connectivity index (χ0) is 16.3. The van der Waals surface area contributed by atoms with Crippen molar-refractivity contribution in [2.75, 3.05) is 0 Å². The van der Waals surface area contributed by atoms with Gasteiger partial charge in [-0.3, -0.25) is 0 Å². The van der Waals surface area contributed by atoms with Gasteiger partial charge in [0.1, 0.15) is 0 Å². The van der Waals surface area contributed by atoms with Gasteiger partial charge >= 0.3 is 0 Å². The minimum Gasteiger partial charge on any atom is -0.388 e. The Morgan fingerprint density at radius 3 is 1.50 bits per heavy atom. The maximum Gasteiger partial charge on any atom is 0.0793 e. The van der Waals surface area contributed by atoms with Crippen LogP contribution in [0, 0.1) is 0 Å². The molecule has 8 rings (SSSR count). The van der Waals surface area contributed by atoms with Crippen LogP contribution in [0.1, 0.15) is 83.1 Å². The predicted molar refractivity (Wildman–Crippen MR) is 94.2 cm³/mol. The Morgan fingerprint density at radius 2 is 1.04 bits per heavy atom. The number of aliphatic hydroxyl groups is 2. The van der Waals surface area contributed by atoms with E-state index in [2.05, 4.69) is 36.4 Å². The number of hydrogen-bond acceptors (Lipinski definition) is 2. The van der Waals surface area contributed by atoms with E-state index in [0.29, 0.717) is 11.8 Å². The molecular weight excluding hydrogens is 296 g/mol. The molecule has 0 saturated heterocycles. The molecule has 0 amide bonds. The Balaban J connectivity index is 1.69. The number of rotatable bonds is 0. The summed E-state index contributed by atoms with van der Waals surface area (Å²) in [7, 11) is 0. The first-order chi connectivity index (χ1) is 11.7. The predicted octanol–water partition coefficient (Wildman–Crippen LogP) is 4.31. The van der Waals surface area contributed by atoms with E-state index in [1.807, 2.05) is 0 Å². The minimum absolute atomic E-state index is 0.302. The lowest BCUT2D eigenvalue weighted by molar-refractivity contribution is 0.148. The average Bonchev–Trinajstić information content (AvgIpc) is 2.59. The maximum atomic E-state index is 10.5. The fraction of sp³-hybridized carbons (Fsp3) is 0.455. The molecule has 0 spiro atoms. The molecule has 6 aliphatic carbocycles. The topological polar surface area (TPSA) is 40.5 Å². The molecular formula is C22H24O2. The second-order valence-corrected chi connectivity index (χ2v) is 7.91. The monoisotopic (exact) mass is 320 g/mol. The first-order valence-corrected chi connectivity index (χ1v) is 9.30. The zero-order valence-corrected chi connectivity index (χ0v) is 13.9. The quantitative estimate of drug-likeness (QED) is 0.759. The van der Waals surface area contributed by atoms with Crippen molar-refractivity contribution in [2.45, 2.75) is 62.6 Å². The molecule has 6 aliphatic rings. The van der Waals surface area contributed by atoms with Gasteiger partial charge in [-0.1, -0.05) is 36.4 Å². The highest BCUT2D eigenvalue weighted by Crippen LogP contribution is 2.44. The van der Waals surface area contributed by atoms with Gasteiger partial charge in [0.2, 0.25) is 0 Å². The maximum absolute atomic E-state index is 10.5. The van der Waals surface area contributed by atoms with Crippen LogP contribution >= 0.6 is 0 Å². The molecule has 2 aromatic carbocycles. The van der Waals surface area contributed by atoms with Crippen molar-refractivity contribution in [1.29, 1.82) is 0 Å². The molecule has 0 saturated carbocycles. The van der Waals surface area contributed by atoms with Crippen LogP contribution in [0.25, 0.3) is 0 Å². The summed E-state index contributed by atoms with van der Waals surface area (Å²) in [5.41, 5.74) is 7.64. The van der Waals surface area contributed by atoms with E-state index < -0.39 is 0 Å². The van der Waals surface area contributed by atoms with Gasteiger partial charge in [-0.15, -0.1) is 0 Å². The minimum atomic E-state index is -0.302. The van der Waals surface area contributed by atoms with E-state index in [-0.39, 0.29) is 12.2 Å². The number of hydrogen-bond donors (Lipinski definition) is 2. The van der Waals surface area contributed by atoms with E-state index in [1.54, 1.807) is 0 Å². The van der Waals surface area contributed by atoms with Crippen molar-refractivity contribution < 1.29 is 10.2 Å². The van der Waals surface area contributed by atoms with Gasteiger partial charge in [-0.05, 0) is 83.7 Å². The molecule has 0 heterocycles. The van der Waals surface area contributed by atoms with E-state index >= 15 is 0 Å². The van der Waals surface area contributed by atoms with Gasteiger partial charge < -0.3 is 10.2 Å². The van der Waals surface area contributed by atoms with Gasteiger partial charge in [0, 0.05) is 0 Å². The van der Waals surface area contributed by atoms with Crippen LogP contribution in [0.3, 0.4) is 0 Å². The number of aliphatic hydroxyl groups excluding tert-OH is 2. The van der Waals surface area contributed by atoms with Crippen molar-refractivity contribution in [2.24, 2.45) is 0 Å². The molecule has 124 valence electrons. The SMILES string of the molecule is OC1CC[C@H]2Cc3ccc4c(c3)[C@@H](O)CC[C@@H]4Cc3ccc2c1c3. The summed E-state index contributed by atoms with van der Waals surface area (Å²) in [6.45, 7) is 0. The van der Waals surface area contributed by atoms with Gasteiger partial charge in [0.05, 0.1) is 12.2 Å². The molecule has 0 fully saturated rings. The van der Waals surface area contributed by atoms with Gasteiger partial charge in [-0.2, -0.15) is 0 Å². The summed E-state index contributed by atoms with van der Waals surface area (Å²) in [6.07, 6.45) is 5.20. The summed E-state index contributed by atoms with van der Waals surface area (Å²) < 4.78 is 0. The third-order valence-corrected chi connectivity index (χ3v) is 6.44. The summed E-state index contributed by atoms with van der Waals surface area (Å²) in [5.74, 6) is 0.956. The largest absolute Gasteiger partial charge is 0.388 e. The molecule has 0 radical (unpaired) electrons. The first kappa shape index (κ1) is 14.7. The zero-order valence-electron chi connectivity index (χ0n) is 13.9. The summed E-state index contributed by atoms with van der Waals surface area (Å²) >= 11 is 0. The van der Waals surface area contributed by atoms with Gasteiger partial charge in [-0.25, -0.2) is 0 Å². The normalized spacial score (nSPS) is 30.8. The van der Waals surface area contributed by atoms with Crippen LogP contribution in [0.2, 0.25) is 0 Å². The molecule has 0 aromatic heterocycles. The summed E-state index contributed by atoms with van der Waals surface area (Å²) in [5, 5.41) is 21.0. The van der Waals surface area contributed by atoms with Crippen LogP contribution in [0.15, 0.2) is 36.4 Å². The summed E-state index contributed by atoms with van der Waals surface area (Å²) in [4.78, 5) is 0.